The monoisotopic (exact) mass is 329 g/mol. The van der Waals surface area contributed by atoms with Crippen molar-refractivity contribution < 1.29 is 0 Å². The molecule has 0 saturated carbocycles. The minimum atomic E-state index is -2.20. The molecule has 0 aliphatic carbocycles. The number of hydrogen-bond donors (Lipinski definition) is 1. The van der Waals surface area contributed by atoms with Gasteiger partial charge in [-0.05, 0) is 36.1 Å². The molecule has 80 valence electrons. The van der Waals surface area contributed by atoms with Crippen molar-refractivity contribution in [2.24, 2.45) is 0 Å². The SMILES string of the molecule is C=P1(C#CC)NP(Cl)N(Cl)P(Cl)N1Cl. The second kappa shape index (κ2) is 5.39. The molecule has 0 bridgehead atoms. The average molecular weight is 331 g/mol. The first-order valence-corrected chi connectivity index (χ1v) is 10.2. The zero-order valence-corrected chi connectivity index (χ0v) is 12.7. The molecule has 3 atom stereocenters. The van der Waals surface area contributed by atoms with E-state index in [1.54, 1.807) is 6.92 Å². The maximum atomic E-state index is 6.00. The van der Waals surface area contributed by atoms with E-state index in [0.717, 1.165) is 0 Å². The number of hydrogen-bond acceptors (Lipinski definition) is 3. The molecule has 1 rings (SSSR count). The molecule has 0 spiro atoms. The maximum absolute atomic E-state index is 6.00. The van der Waals surface area contributed by atoms with Gasteiger partial charge in [-0.3, -0.25) is 0 Å². The van der Waals surface area contributed by atoms with Crippen molar-refractivity contribution in [2.45, 2.75) is 6.92 Å². The molecule has 0 amide bonds. The molecule has 1 N–H and O–H groups in total. The standard InChI is InChI=1S/C4H6Cl4N3P3/c1-3-4-14(2)9-12(7)10(5)13(8)11(14)6/h9H,2H2,1H3. The molecule has 0 radical (unpaired) electrons. The molecule has 0 aromatic carbocycles. The van der Waals surface area contributed by atoms with Gasteiger partial charge in [-0.2, -0.15) is 0 Å². The van der Waals surface area contributed by atoms with Crippen LogP contribution in [0.3, 0.4) is 0 Å². The Morgan fingerprint density at radius 2 is 2.00 bits per heavy atom. The molecular formula is C4H6Cl4N3P3. The third-order valence-electron chi connectivity index (χ3n) is 1.24. The van der Waals surface area contributed by atoms with Gasteiger partial charge in [0.15, 0.2) is 15.2 Å². The fraction of sp³-hybridized carbons (Fsp3) is 0.250. The zero-order chi connectivity index (χ0) is 10.9. The molecule has 3 unspecified atom stereocenters. The smallest absolute Gasteiger partial charge is 0.181 e. The highest BCUT2D eigenvalue weighted by molar-refractivity contribution is 8.06. The molecule has 0 aromatic heterocycles. The van der Waals surface area contributed by atoms with Gasteiger partial charge in [-0.1, -0.05) is 34.7 Å². The third-order valence-corrected chi connectivity index (χ3v) is 13.5. The first kappa shape index (κ1) is 13.8. The first-order chi connectivity index (χ1) is 6.42. The molecule has 1 aliphatic heterocycles. The van der Waals surface area contributed by atoms with Gasteiger partial charge in [0.05, 0.1) is 0 Å². The van der Waals surface area contributed by atoms with E-state index in [4.69, 9.17) is 46.0 Å². The normalized spacial score (nSPS) is 40.4. The van der Waals surface area contributed by atoms with Crippen LogP contribution >= 0.6 is 68.4 Å². The molecule has 10 heteroatoms. The predicted octanol–water partition coefficient (Wildman–Crippen LogP) is 4.69. The summed E-state index contributed by atoms with van der Waals surface area (Å²) in [6, 6.07) is 0. The molecule has 1 saturated heterocycles. The van der Waals surface area contributed by atoms with E-state index in [2.05, 4.69) is 22.7 Å². The van der Waals surface area contributed by atoms with E-state index in [1.807, 2.05) is 0 Å². The van der Waals surface area contributed by atoms with Gasteiger partial charge in [-0.25, -0.2) is 4.86 Å². The highest BCUT2D eigenvalue weighted by Gasteiger charge is 2.41. The lowest BCUT2D eigenvalue weighted by molar-refractivity contribution is 1.02. The van der Waals surface area contributed by atoms with Crippen LogP contribution in [0.4, 0.5) is 0 Å². The van der Waals surface area contributed by atoms with Gasteiger partial charge in [0.2, 0.25) is 0 Å². The number of halogens is 4. The topological polar surface area (TPSA) is 18.5 Å². The summed E-state index contributed by atoms with van der Waals surface area (Å²) in [6.07, 6.45) is 3.93. The van der Waals surface area contributed by atoms with E-state index < -0.39 is 22.3 Å². The summed E-state index contributed by atoms with van der Waals surface area (Å²) >= 11 is 23.8. The van der Waals surface area contributed by atoms with E-state index in [0.29, 0.717) is 0 Å². The molecule has 1 heterocycles. The Hall–Kier alpha value is 1.76. The van der Waals surface area contributed by atoms with Crippen molar-refractivity contribution in [3.05, 3.63) is 0 Å². The Bertz CT molecular complexity index is 328. The van der Waals surface area contributed by atoms with Crippen LogP contribution in [0.25, 0.3) is 0 Å². The molecule has 0 aromatic rings. The van der Waals surface area contributed by atoms with Crippen molar-refractivity contribution >= 4 is 74.7 Å². The van der Waals surface area contributed by atoms with Crippen LogP contribution < -0.4 is 4.86 Å². The Kier molecular flexibility index (Phi) is 5.33. The number of rotatable bonds is 0. The van der Waals surface area contributed by atoms with Crippen LogP contribution in [0.15, 0.2) is 0 Å². The Labute approximate surface area is 106 Å². The zero-order valence-electron chi connectivity index (χ0n) is 6.96. The molecule has 14 heavy (non-hydrogen) atoms. The van der Waals surface area contributed by atoms with E-state index in [9.17, 15) is 0 Å². The average Bonchev–Trinajstić information content (AvgIpc) is 2.12. The van der Waals surface area contributed by atoms with Crippen LogP contribution in [-0.2, 0) is 0 Å². The fourth-order valence-electron chi connectivity index (χ4n) is 0.713. The summed E-state index contributed by atoms with van der Waals surface area (Å²) in [6.45, 7) is 1.71. The van der Waals surface area contributed by atoms with Crippen molar-refractivity contribution in [1.82, 2.24) is 12.8 Å². The quantitative estimate of drug-likeness (QED) is 0.395. The summed E-state index contributed by atoms with van der Waals surface area (Å²) in [4.78, 5) is 3.00. The first-order valence-electron chi connectivity index (χ1n) is 3.21. The van der Waals surface area contributed by atoms with Crippen LogP contribution in [0.1, 0.15) is 6.92 Å². The highest BCUT2D eigenvalue weighted by Crippen LogP contribution is 2.78. The Balaban J connectivity index is 3.00. The van der Waals surface area contributed by atoms with Gasteiger partial charge < -0.3 is 0 Å². The van der Waals surface area contributed by atoms with Crippen molar-refractivity contribution in [2.75, 3.05) is 0 Å². The minimum Gasteiger partial charge on any atom is -0.226 e. The predicted molar refractivity (Wildman–Crippen MR) is 71.6 cm³/mol. The Morgan fingerprint density at radius 3 is 2.50 bits per heavy atom. The van der Waals surface area contributed by atoms with Crippen LogP contribution in [0.5, 0.6) is 0 Å². The highest BCUT2D eigenvalue weighted by atomic mass is 35.7. The van der Waals surface area contributed by atoms with Gasteiger partial charge >= 0.3 is 0 Å². The second-order valence-electron chi connectivity index (χ2n) is 2.21. The lowest BCUT2D eigenvalue weighted by atomic mass is 10.8. The van der Waals surface area contributed by atoms with Gasteiger partial charge in [0, 0.05) is 0 Å². The third kappa shape index (κ3) is 2.71. The van der Waals surface area contributed by atoms with Gasteiger partial charge in [-0.15, -0.1) is 7.92 Å². The maximum Gasteiger partial charge on any atom is 0.181 e. The second-order valence-corrected chi connectivity index (χ2v) is 11.5. The fourth-order valence-corrected chi connectivity index (χ4v) is 11.4. The largest absolute Gasteiger partial charge is 0.226 e. The van der Waals surface area contributed by atoms with Crippen LogP contribution in [-0.4, -0.2) is 14.2 Å². The van der Waals surface area contributed by atoms with Crippen LogP contribution in [0, 0.1) is 11.6 Å². The molecule has 3 nitrogen and oxygen atoms in total. The Morgan fingerprint density at radius 1 is 1.43 bits per heavy atom. The minimum absolute atomic E-state index is 1.24. The lowest BCUT2D eigenvalue weighted by Gasteiger charge is -2.41. The summed E-state index contributed by atoms with van der Waals surface area (Å²) in [5.74, 6) is 2.75. The van der Waals surface area contributed by atoms with E-state index in [-0.39, 0.29) is 0 Å². The number of nitrogens with one attached hydrogen (secondary N) is 1. The molecule has 1 aliphatic rings. The molecule has 1 fully saturated rings. The van der Waals surface area contributed by atoms with E-state index in [1.165, 1.54) is 7.92 Å². The van der Waals surface area contributed by atoms with Crippen molar-refractivity contribution in [3.8, 4) is 11.6 Å². The van der Waals surface area contributed by atoms with Crippen LogP contribution in [0.2, 0.25) is 0 Å². The van der Waals surface area contributed by atoms with Crippen molar-refractivity contribution in [3.63, 3.8) is 0 Å². The van der Waals surface area contributed by atoms with Gasteiger partial charge in [0.1, 0.15) is 7.19 Å². The number of nitrogens with zero attached hydrogens (tertiary/aromatic N) is 2. The molecular weight excluding hydrogens is 325 g/mol. The summed E-state index contributed by atoms with van der Waals surface area (Å²) < 4.78 is 2.64. The summed E-state index contributed by atoms with van der Waals surface area (Å²) in [7, 11) is -4.81. The lowest BCUT2D eigenvalue weighted by Crippen LogP contribution is -2.22. The van der Waals surface area contributed by atoms with Crippen molar-refractivity contribution in [1.29, 1.82) is 0 Å². The summed E-state index contributed by atoms with van der Waals surface area (Å²) in [5, 5.41) is 0. The van der Waals surface area contributed by atoms with Gasteiger partial charge in [0.25, 0.3) is 0 Å². The summed E-state index contributed by atoms with van der Waals surface area (Å²) in [5.41, 5.74) is 2.90. The van der Waals surface area contributed by atoms with E-state index >= 15 is 0 Å².